The maximum Gasteiger partial charge on any atom is 0.262 e. The Kier molecular flexibility index (Phi) is 6.11. The Balaban J connectivity index is 1.28. The lowest BCUT2D eigenvalue weighted by Gasteiger charge is -2.36. The number of thioether (sulfide) groups is 1. The Hall–Kier alpha value is -3.22. The zero-order valence-corrected chi connectivity index (χ0v) is 19.4. The fraction of sp³-hybridized carbons (Fsp3) is 0.154. The van der Waals surface area contributed by atoms with Gasteiger partial charge in [0.25, 0.3) is 11.8 Å². The van der Waals surface area contributed by atoms with Crippen LogP contribution in [0.3, 0.4) is 0 Å². The summed E-state index contributed by atoms with van der Waals surface area (Å²) in [6, 6.07) is 23.1. The molecule has 1 fully saturated rings. The molecule has 0 spiro atoms. The number of carbonyl (C=O) groups excluding carboxylic acids is 2. The number of halogens is 1. The SMILES string of the molecule is O=C1Nc2cc(C(=O)N3CCN(c4ccccc4)CC3)ccc2S/C1=C/c1cccc(Cl)c1. The lowest BCUT2D eigenvalue weighted by Crippen LogP contribution is -2.48. The molecule has 0 atom stereocenters. The number of rotatable bonds is 3. The van der Waals surface area contributed by atoms with Gasteiger partial charge >= 0.3 is 0 Å². The second kappa shape index (κ2) is 9.33. The Morgan fingerprint density at radius 1 is 0.939 bits per heavy atom. The van der Waals surface area contributed by atoms with Crippen LogP contribution in [0, 0.1) is 0 Å². The number of para-hydroxylation sites is 1. The summed E-state index contributed by atoms with van der Waals surface area (Å²) >= 11 is 7.45. The molecule has 1 N–H and O–H groups in total. The molecule has 1 saturated heterocycles. The summed E-state index contributed by atoms with van der Waals surface area (Å²) in [5, 5.41) is 3.56. The normalized spacial score (nSPS) is 17.0. The highest BCUT2D eigenvalue weighted by atomic mass is 35.5. The standard InChI is InChI=1S/C26H22ClN3O2S/c27-20-6-4-5-18(15-20)16-24-25(31)28-22-17-19(9-10-23(22)33-24)26(32)30-13-11-29(12-14-30)21-7-2-1-3-8-21/h1-10,15-17H,11-14H2,(H,28,31)/b24-16+. The van der Waals surface area contributed by atoms with Gasteiger partial charge in [0.15, 0.2) is 0 Å². The zero-order chi connectivity index (χ0) is 22.8. The molecule has 2 amide bonds. The summed E-state index contributed by atoms with van der Waals surface area (Å²) in [7, 11) is 0. The van der Waals surface area contributed by atoms with E-state index in [1.807, 2.05) is 59.5 Å². The van der Waals surface area contributed by atoms with Crippen LogP contribution in [0.2, 0.25) is 5.02 Å². The molecule has 3 aromatic rings. The molecule has 2 aliphatic rings. The Morgan fingerprint density at radius 2 is 1.73 bits per heavy atom. The first-order chi connectivity index (χ1) is 16.1. The fourth-order valence-electron chi connectivity index (χ4n) is 4.03. The number of anilines is 2. The van der Waals surface area contributed by atoms with Crippen molar-refractivity contribution in [3.8, 4) is 0 Å². The van der Waals surface area contributed by atoms with Crippen molar-refractivity contribution in [1.29, 1.82) is 0 Å². The predicted octanol–water partition coefficient (Wildman–Crippen LogP) is 5.39. The predicted molar refractivity (Wildman–Crippen MR) is 135 cm³/mol. The third-order valence-corrected chi connectivity index (χ3v) is 7.09. The largest absolute Gasteiger partial charge is 0.368 e. The average molecular weight is 476 g/mol. The van der Waals surface area contributed by atoms with Crippen molar-refractivity contribution in [3.63, 3.8) is 0 Å². The molecule has 0 unspecified atom stereocenters. The van der Waals surface area contributed by atoms with Gasteiger partial charge in [-0.05, 0) is 54.1 Å². The van der Waals surface area contributed by atoms with E-state index < -0.39 is 0 Å². The highest BCUT2D eigenvalue weighted by molar-refractivity contribution is 8.04. The van der Waals surface area contributed by atoms with Crippen molar-refractivity contribution < 1.29 is 9.59 Å². The van der Waals surface area contributed by atoms with Crippen LogP contribution in [0.25, 0.3) is 6.08 Å². The summed E-state index contributed by atoms with van der Waals surface area (Å²) in [4.78, 5) is 31.4. The smallest absolute Gasteiger partial charge is 0.262 e. The number of benzene rings is 3. The van der Waals surface area contributed by atoms with Gasteiger partial charge in [0.2, 0.25) is 0 Å². The van der Waals surface area contributed by atoms with Gasteiger partial charge in [-0.1, -0.05) is 53.7 Å². The van der Waals surface area contributed by atoms with E-state index in [-0.39, 0.29) is 11.8 Å². The zero-order valence-electron chi connectivity index (χ0n) is 17.8. The summed E-state index contributed by atoms with van der Waals surface area (Å²) in [5.41, 5.74) is 3.30. The monoisotopic (exact) mass is 475 g/mol. The first-order valence-corrected chi connectivity index (χ1v) is 12.0. The molecule has 5 rings (SSSR count). The van der Waals surface area contributed by atoms with E-state index in [4.69, 9.17) is 11.6 Å². The molecule has 0 aromatic heterocycles. The number of nitrogens with one attached hydrogen (secondary N) is 1. The van der Waals surface area contributed by atoms with Crippen molar-refractivity contribution in [2.45, 2.75) is 4.90 Å². The molecule has 166 valence electrons. The maximum atomic E-state index is 13.1. The number of carbonyl (C=O) groups is 2. The fourth-order valence-corrected chi connectivity index (χ4v) is 5.16. The van der Waals surface area contributed by atoms with Crippen molar-refractivity contribution in [2.24, 2.45) is 0 Å². The third-order valence-electron chi connectivity index (χ3n) is 5.75. The average Bonchev–Trinajstić information content (AvgIpc) is 2.84. The Bertz CT molecular complexity index is 1240. The highest BCUT2D eigenvalue weighted by Crippen LogP contribution is 2.39. The van der Waals surface area contributed by atoms with Gasteiger partial charge in [0.05, 0.1) is 10.6 Å². The molecule has 0 aliphatic carbocycles. The van der Waals surface area contributed by atoms with E-state index in [1.165, 1.54) is 17.4 Å². The highest BCUT2D eigenvalue weighted by Gasteiger charge is 2.25. The Morgan fingerprint density at radius 3 is 2.48 bits per heavy atom. The maximum absolute atomic E-state index is 13.1. The lowest BCUT2D eigenvalue weighted by atomic mass is 10.1. The van der Waals surface area contributed by atoms with Crippen LogP contribution in [0.1, 0.15) is 15.9 Å². The van der Waals surface area contributed by atoms with Gasteiger partial charge in [0, 0.05) is 47.3 Å². The molecule has 5 nitrogen and oxygen atoms in total. The number of amides is 2. The van der Waals surface area contributed by atoms with Gasteiger partial charge in [-0.25, -0.2) is 0 Å². The van der Waals surface area contributed by atoms with Crippen molar-refractivity contribution in [3.05, 3.63) is 93.9 Å². The minimum absolute atomic E-state index is 0.00923. The van der Waals surface area contributed by atoms with Crippen LogP contribution in [-0.4, -0.2) is 42.9 Å². The number of piperazine rings is 1. The second-order valence-corrected chi connectivity index (χ2v) is 9.47. The molecule has 7 heteroatoms. The molecule has 0 bridgehead atoms. The second-order valence-electron chi connectivity index (χ2n) is 7.95. The minimum Gasteiger partial charge on any atom is -0.368 e. The Labute approximate surface area is 202 Å². The van der Waals surface area contributed by atoms with Crippen LogP contribution in [0.4, 0.5) is 11.4 Å². The van der Waals surface area contributed by atoms with E-state index in [9.17, 15) is 9.59 Å². The van der Waals surface area contributed by atoms with E-state index >= 15 is 0 Å². The molecule has 2 heterocycles. The van der Waals surface area contributed by atoms with Crippen molar-refractivity contribution >= 4 is 52.6 Å². The van der Waals surface area contributed by atoms with Gasteiger partial charge in [0.1, 0.15) is 0 Å². The topological polar surface area (TPSA) is 52.7 Å². The summed E-state index contributed by atoms with van der Waals surface area (Å²) in [5.74, 6) is -0.196. The van der Waals surface area contributed by atoms with Crippen LogP contribution in [-0.2, 0) is 4.79 Å². The van der Waals surface area contributed by atoms with Crippen molar-refractivity contribution in [2.75, 3.05) is 36.4 Å². The van der Waals surface area contributed by atoms with E-state index in [0.717, 1.165) is 23.5 Å². The van der Waals surface area contributed by atoms with Crippen LogP contribution >= 0.6 is 23.4 Å². The molecule has 0 saturated carbocycles. The number of nitrogens with zero attached hydrogens (tertiary/aromatic N) is 2. The quantitative estimate of drug-likeness (QED) is 0.516. The minimum atomic E-state index is -0.187. The van der Waals surface area contributed by atoms with Gasteiger partial charge in [-0.15, -0.1) is 0 Å². The van der Waals surface area contributed by atoms with E-state index in [0.29, 0.717) is 34.3 Å². The molecule has 3 aromatic carbocycles. The third kappa shape index (κ3) is 4.77. The summed E-state index contributed by atoms with van der Waals surface area (Å²) in [6.45, 7) is 2.92. The lowest BCUT2D eigenvalue weighted by molar-refractivity contribution is -0.112. The van der Waals surface area contributed by atoms with Gasteiger partial charge in [-0.3, -0.25) is 9.59 Å². The van der Waals surface area contributed by atoms with E-state index in [2.05, 4.69) is 22.3 Å². The first kappa shape index (κ1) is 21.6. The molecule has 33 heavy (non-hydrogen) atoms. The van der Waals surface area contributed by atoms with Gasteiger partial charge in [-0.2, -0.15) is 0 Å². The molecule has 2 aliphatic heterocycles. The van der Waals surface area contributed by atoms with E-state index in [1.54, 1.807) is 12.1 Å². The van der Waals surface area contributed by atoms with Gasteiger partial charge < -0.3 is 15.1 Å². The van der Waals surface area contributed by atoms with Crippen LogP contribution < -0.4 is 10.2 Å². The molecule has 0 radical (unpaired) electrons. The van der Waals surface area contributed by atoms with Crippen molar-refractivity contribution in [1.82, 2.24) is 4.90 Å². The van der Waals surface area contributed by atoms with Crippen LogP contribution in [0.5, 0.6) is 0 Å². The number of fused-ring (bicyclic) bond motifs is 1. The van der Waals surface area contributed by atoms with Crippen LogP contribution in [0.15, 0.2) is 82.6 Å². The summed E-state index contributed by atoms with van der Waals surface area (Å²) in [6.07, 6.45) is 1.82. The summed E-state index contributed by atoms with van der Waals surface area (Å²) < 4.78 is 0. The first-order valence-electron chi connectivity index (χ1n) is 10.8. The number of hydrogen-bond donors (Lipinski definition) is 1. The number of hydrogen-bond acceptors (Lipinski definition) is 4. The molecular weight excluding hydrogens is 454 g/mol. The molecular formula is C26H22ClN3O2S.